The SMILES string of the molecule is CCC(C=C(C)CCC=C(C)C)CC. The van der Waals surface area contributed by atoms with Gasteiger partial charge in [0.25, 0.3) is 0 Å². The van der Waals surface area contributed by atoms with E-state index < -0.39 is 0 Å². The van der Waals surface area contributed by atoms with Gasteiger partial charge in [0.1, 0.15) is 0 Å². The van der Waals surface area contributed by atoms with Crippen LogP contribution >= 0.6 is 0 Å². The molecule has 0 saturated carbocycles. The van der Waals surface area contributed by atoms with Crippen LogP contribution in [0.15, 0.2) is 23.3 Å². The highest BCUT2D eigenvalue weighted by Crippen LogP contribution is 2.15. The molecule has 82 valence electrons. The lowest BCUT2D eigenvalue weighted by Crippen LogP contribution is -1.92. The van der Waals surface area contributed by atoms with E-state index in [0.29, 0.717) is 0 Å². The maximum absolute atomic E-state index is 2.46. The van der Waals surface area contributed by atoms with E-state index in [-0.39, 0.29) is 0 Å². The van der Waals surface area contributed by atoms with Gasteiger partial charge in [0.15, 0.2) is 0 Å². The maximum atomic E-state index is 2.46. The van der Waals surface area contributed by atoms with Crippen LogP contribution in [0.5, 0.6) is 0 Å². The highest BCUT2D eigenvalue weighted by atomic mass is 14.0. The van der Waals surface area contributed by atoms with Crippen LogP contribution in [0.2, 0.25) is 0 Å². The molecule has 0 nitrogen and oxygen atoms in total. The second-order valence-electron chi connectivity index (χ2n) is 4.41. The van der Waals surface area contributed by atoms with E-state index in [1.807, 2.05) is 0 Å². The third-order valence-corrected chi connectivity index (χ3v) is 2.66. The molecule has 0 aromatic rings. The van der Waals surface area contributed by atoms with Crippen LogP contribution in [0, 0.1) is 5.92 Å². The minimum atomic E-state index is 0.793. The third kappa shape index (κ3) is 6.94. The summed E-state index contributed by atoms with van der Waals surface area (Å²) < 4.78 is 0. The van der Waals surface area contributed by atoms with E-state index >= 15 is 0 Å². The van der Waals surface area contributed by atoms with Gasteiger partial charge in [0.05, 0.1) is 0 Å². The summed E-state index contributed by atoms with van der Waals surface area (Å²) in [6.45, 7) is 11.1. The molecule has 0 heteroatoms. The fourth-order valence-electron chi connectivity index (χ4n) is 1.60. The van der Waals surface area contributed by atoms with Gasteiger partial charge in [-0.05, 0) is 52.4 Å². The molecule has 0 saturated heterocycles. The molecule has 0 aliphatic rings. The average Bonchev–Trinajstić information content (AvgIpc) is 2.13. The van der Waals surface area contributed by atoms with Crippen LogP contribution in [0.1, 0.15) is 60.3 Å². The summed E-state index contributed by atoms with van der Waals surface area (Å²) >= 11 is 0. The highest BCUT2D eigenvalue weighted by Gasteiger charge is 1.99. The fraction of sp³-hybridized carbons (Fsp3) is 0.714. The van der Waals surface area contributed by atoms with Gasteiger partial charge in [-0.15, -0.1) is 0 Å². The number of allylic oxidation sites excluding steroid dienone is 4. The average molecular weight is 194 g/mol. The zero-order valence-corrected chi connectivity index (χ0v) is 10.6. The van der Waals surface area contributed by atoms with Crippen molar-refractivity contribution in [3.8, 4) is 0 Å². The summed E-state index contributed by atoms with van der Waals surface area (Å²) in [6, 6.07) is 0. The third-order valence-electron chi connectivity index (χ3n) is 2.66. The minimum Gasteiger partial charge on any atom is -0.0856 e. The lowest BCUT2D eigenvalue weighted by molar-refractivity contribution is 0.599. The Kier molecular flexibility index (Phi) is 7.55. The predicted molar refractivity (Wildman–Crippen MR) is 66.5 cm³/mol. The molecule has 0 rings (SSSR count). The summed E-state index contributed by atoms with van der Waals surface area (Å²) in [6.07, 6.45) is 9.75. The molecule has 0 N–H and O–H groups in total. The Morgan fingerprint density at radius 3 is 2.07 bits per heavy atom. The van der Waals surface area contributed by atoms with Crippen molar-refractivity contribution in [2.45, 2.75) is 60.3 Å². The summed E-state index contributed by atoms with van der Waals surface area (Å²) in [5, 5.41) is 0. The van der Waals surface area contributed by atoms with E-state index in [1.54, 1.807) is 5.57 Å². The number of hydrogen-bond acceptors (Lipinski definition) is 0. The van der Waals surface area contributed by atoms with Crippen LogP contribution in [-0.4, -0.2) is 0 Å². The first-order chi connectivity index (χ1) is 6.60. The predicted octanol–water partition coefficient (Wildman–Crippen LogP) is 5.12. The van der Waals surface area contributed by atoms with E-state index in [9.17, 15) is 0 Å². The zero-order chi connectivity index (χ0) is 11.0. The largest absolute Gasteiger partial charge is 0.0856 e. The molecule has 0 aliphatic heterocycles. The summed E-state index contributed by atoms with van der Waals surface area (Å²) in [7, 11) is 0. The van der Waals surface area contributed by atoms with Gasteiger partial charge < -0.3 is 0 Å². The van der Waals surface area contributed by atoms with Crippen LogP contribution in [-0.2, 0) is 0 Å². The first kappa shape index (κ1) is 13.5. The second kappa shape index (κ2) is 7.84. The van der Waals surface area contributed by atoms with Crippen LogP contribution in [0.3, 0.4) is 0 Å². The van der Waals surface area contributed by atoms with Crippen LogP contribution in [0.4, 0.5) is 0 Å². The Morgan fingerprint density at radius 2 is 1.64 bits per heavy atom. The quantitative estimate of drug-likeness (QED) is 0.515. The molecule has 0 spiro atoms. The first-order valence-electron chi connectivity index (χ1n) is 5.90. The monoisotopic (exact) mass is 194 g/mol. The van der Waals surface area contributed by atoms with Gasteiger partial charge in [-0.25, -0.2) is 0 Å². The number of hydrogen-bond donors (Lipinski definition) is 0. The Bertz CT molecular complexity index is 188. The van der Waals surface area contributed by atoms with E-state index in [0.717, 1.165) is 5.92 Å². The van der Waals surface area contributed by atoms with E-state index in [4.69, 9.17) is 0 Å². The van der Waals surface area contributed by atoms with Crippen LogP contribution in [0.25, 0.3) is 0 Å². The maximum Gasteiger partial charge on any atom is -0.0236 e. The Morgan fingerprint density at radius 1 is 1.07 bits per heavy atom. The first-order valence-corrected chi connectivity index (χ1v) is 5.90. The molecular weight excluding hydrogens is 168 g/mol. The summed E-state index contributed by atoms with van der Waals surface area (Å²) in [5.74, 6) is 0.793. The summed E-state index contributed by atoms with van der Waals surface area (Å²) in [4.78, 5) is 0. The molecule has 0 amide bonds. The molecule has 0 aromatic carbocycles. The fourth-order valence-corrected chi connectivity index (χ4v) is 1.60. The normalized spacial score (nSPS) is 12.0. The van der Waals surface area contributed by atoms with Crippen molar-refractivity contribution >= 4 is 0 Å². The minimum absolute atomic E-state index is 0.793. The van der Waals surface area contributed by atoms with Crippen molar-refractivity contribution in [2.75, 3.05) is 0 Å². The Labute approximate surface area is 90.1 Å². The molecule has 14 heavy (non-hydrogen) atoms. The van der Waals surface area contributed by atoms with Gasteiger partial charge in [0.2, 0.25) is 0 Å². The smallest absolute Gasteiger partial charge is 0.0236 e. The van der Waals surface area contributed by atoms with Crippen molar-refractivity contribution in [1.82, 2.24) is 0 Å². The van der Waals surface area contributed by atoms with Gasteiger partial charge in [-0.2, -0.15) is 0 Å². The van der Waals surface area contributed by atoms with Crippen molar-refractivity contribution in [2.24, 2.45) is 5.92 Å². The van der Waals surface area contributed by atoms with E-state index in [2.05, 4.69) is 46.8 Å². The molecular formula is C14H26. The molecule has 0 aromatic heterocycles. The number of rotatable bonds is 6. The van der Waals surface area contributed by atoms with Gasteiger partial charge >= 0.3 is 0 Å². The highest BCUT2D eigenvalue weighted by molar-refractivity contribution is 5.03. The lowest BCUT2D eigenvalue weighted by atomic mass is 9.98. The van der Waals surface area contributed by atoms with Gasteiger partial charge in [-0.1, -0.05) is 37.1 Å². The Balaban J connectivity index is 3.93. The molecule has 0 bridgehead atoms. The second-order valence-corrected chi connectivity index (χ2v) is 4.41. The van der Waals surface area contributed by atoms with Crippen molar-refractivity contribution < 1.29 is 0 Å². The topological polar surface area (TPSA) is 0 Å². The van der Waals surface area contributed by atoms with Gasteiger partial charge in [0, 0.05) is 0 Å². The standard InChI is InChI=1S/C14H26/c1-6-14(7-2)11-13(5)10-8-9-12(3)4/h9,11,14H,6-8,10H2,1-5H3. The molecule has 0 heterocycles. The lowest BCUT2D eigenvalue weighted by Gasteiger charge is -2.08. The van der Waals surface area contributed by atoms with Crippen molar-refractivity contribution in [1.29, 1.82) is 0 Å². The molecule has 0 fully saturated rings. The molecule has 0 radical (unpaired) electrons. The molecule has 0 atom stereocenters. The zero-order valence-electron chi connectivity index (χ0n) is 10.6. The van der Waals surface area contributed by atoms with Crippen molar-refractivity contribution in [3.63, 3.8) is 0 Å². The molecule has 0 unspecified atom stereocenters. The summed E-state index contributed by atoms with van der Waals surface area (Å²) in [5.41, 5.74) is 2.98. The molecule has 0 aliphatic carbocycles. The van der Waals surface area contributed by atoms with Crippen LogP contribution < -0.4 is 0 Å². The van der Waals surface area contributed by atoms with Crippen molar-refractivity contribution in [3.05, 3.63) is 23.3 Å². The van der Waals surface area contributed by atoms with Gasteiger partial charge in [-0.3, -0.25) is 0 Å². The Hall–Kier alpha value is -0.520. The van der Waals surface area contributed by atoms with E-state index in [1.165, 1.54) is 31.3 Å².